The molecule has 1 heterocycles. The van der Waals surface area contributed by atoms with Gasteiger partial charge in [0.1, 0.15) is 4.66 Å². The maximum absolute atomic E-state index is 11.0. The van der Waals surface area contributed by atoms with Crippen molar-refractivity contribution in [2.24, 2.45) is 0 Å². The number of nitrogens with zero attached hydrogens (tertiary/aromatic N) is 2. The first-order valence-electron chi connectivity index (χ1n) is 4.15. The molecule has 0 unspecified atom stereocenters. The van der Waals surface area contributed by atoms with Gasteiger partial charge in [-0.1, -0.05) is 15.9 Å². The number of aryl methyl sites for hydroxylation is 1. The summed E-state index contributed by atoms with van der Waals surface area (Å²) in [6, 6.07) is 1.84. The topological polar surface area (TPSA) is 64.0 Å². The predicted octanol–water partition coefficient (Wildman–Crippen LogP) is 0.545. The second-order valence-electron chi connectivity index (χ2n) is 2.74. The molecule has 1 N–H and O–H groups in total. The maximum atomic E-state index is 11.0. The SMILES string of the molecule is O=S(=O)(CBr)NCCCn1cccn1. The van der Waals surface area contributed by atoms with Gasteiger partial charge in [0, 0.05) is 25.5 Å². The van der Waals surface area contributed by atoms with Crippen LogP contribution in [0.25, 0.3) is 0 Å². The molecule has 0 saturated heterocycles. The smallest absolute Gasteiger partial charge is 0.221 e. The Balaban J connectivity index is 2.17. The van der Waals surface area contributed by atoms with Crippen LogP contribution in [0.3, 0.4) is 0 Å². The van der Waals surface area contributed by atoms with Gasteiger partial charge in [-0.25, -0.2) is 13.1 Å². The summed E-state index contributed by atoms with van der Waals surface area (Å²) in [5, 5.41) is 4.00. The standard InChI is InChI=1S/C7H12BrN3O2S/c8-7-14(12,13)10-4-2-6-11-5-1-3-9-11/h1,3,5,10H,2,4,6-7H2. The van der Waals surface area contributed by atoms with Gasteiger partial charge in [-0.05, 0) is 12.5 Å². The minimum atomic E-state index is -3.12. The molecule has 7 heteroatoms. The molecule has 0 saturated carbocycles. The van der Waals surface area contributed by atoms with Gasteiger partial charge in [0.05, 0.1) is 0 Å². The first-order chi connectivity index (χ1) is 6.64. The van der Waals surface area contributed by atoms with Crippen molar-refractivity contribution in [2.75, 3.05) is 11.2 Å². The number of alkyl halides is 1. The molecule has 80 valence electrons. The van der Waals surface area contributed by atoms with E-state index in [0.717, 1.165) is 13.0 Å². The van der Waals surface area contributed by atoms with Crippen molar-refractivity contribution < 1.29 is 8.42 Å². The summed E-state index contributed by atoms with van der Waals surface area (Å²) in [6.07, 6.45) is 4.27. The lowest BCUT2D eigenvalue weighted by Gasteiger charge is -2.03. The minimum Gasteiger partial charge on any atom is -0.273 e. The van der Waals surface area contributed by atoms with E-state index < -0.39 is 10.0 Å². The van der Waals surface area contributed by atoms with Crippen molar-refractivity contribution in [3.05, 3.63) is 18.5 Å². The summed E-state index contributed by atoms with van der Waals surface area (Å²) < 4.78 is 26.1. The zero-order valence-corrected chi connectivity index (χ0v) is 9.96. The molecular weight excluding hydrogens is 270 g/mol. The van der Waals surface area contributed by atoms with Crippen molar-refractivity contribution in [3.8, 4) is 0 Å². The van der Waals surface area contributed by atoms with E-state index >= 15 is 0 Å². The summed E-state index contributed by atoms with van der Waals surface area (Å²) in [7, 11) is -3.12. The number of hydrogen-bond donors (Lipinski definition) is 1. The van der Waals surface area contributed by atoms with E-state index in [4.69, 9.17) is 0 Å². The van der Waals surface area contributed by atoms with Crippen LogP contribution in [0.1, 0.15) is 6.42 Å². The van der Waals surface area contributed by atoms with Crippen LogP contribution in [-0.2, 0) is 16.6 Å². The van der Waals surface area contributed by atoms with E-state index in [9.17, 15) is 8.42 Å². The fourth-order valence-corrected chi connectivity index (χ4v) is 1.96. The van der Waals surface area contributed by atoms with Crippen LogP contribution in [0.4, 0.5) is 0 Å². The van der Waals surface area contributed by atoms with Crippen LogP contribution in [0.2, 0.25) is 0 Å². The molecule has 0 aromatic carbocycles. The van der Waals surface area contributed by atoms with Gasteiger partial charge in [-0.15, -0.1) is 0 Å². The Morgan fingerprint density at radius 2 is 2.29 bits per heavy atom. The maximum Gasteiger partial charge on any atom is 0.221 e. The fraction of sp³-hybridized carbons (Fsp3) is 0.571. The van der Waals surface area contributed by atoms with E-state index in [-0.39, 0.29) is 4.66 Å². The Morgan fingerprint density at radius 3 is 2.86 bits per heavy atom. The van der Waals surface area contributed by atoms with E-state index in [1.165, 1.54) is 0 Å². The van der Waals surface area contributed by atoms with Gasteiger partial charge < -0.3 is 0 Å². The van der Waals surface area contributed by atoms with Crippen LogP contribution in [-0.4, -0.2) is 29.4 Å². The van der Waals surface area contributed by atoms with Crippen LogP contribution >= 0.6 is 15.9 Å². The average Bonchev–Trinajstić information content (AvgIpc) is 2.65. The molecule has 0 fully saturated rings. The summed E-state index contributed by atoms with van der Waals surface area (Å²) in [5.74, 6) is 0. The Morgan fingerprint density at radius 1 is 1.50 bits per heavy atom. The highest BCUT2D eigenvalue weighted by Crippen LogP contribution is 1.92. The number of hydrogen-bond acceptors (Lipinski definition) is 3. The van der Waals surface area contributed by atoms with Gasteiger partial charge in [0.15, 0.2) is 0 Å². The van der Waals surface area contributed by atoms with Crippen LogP contribution in [0, 0.1) is 0 Å². The number of nitrogens with one attached hydrogen (secondary N) is 1. The molecule has 0 aliphatic rings. The van der Waals surface area contributed by atoms with Gasteiger partial charge in [-0.2, -0.15) is 5.10 Å². The molecule has 5 nitrogen and oxygen atoms in total. The molecule has 1 rings (SSSR count). The average molecular weight is 282 g/mol. The van der Waals surface area contributed by atoms with Crippen LogP contribution < -0.4 is 4.72 Å². The van der Waals surface area contributed by atoms with Crippen molar-refractivity contribution >= 4 is 26.0 Å². The molecule has 0 radical (unpaired) electrons. The zero-order chi connectivity index (χ0) is 10.4. The normalized spacial score (nSPS) is 11.8. The lowest BCUT2D eigenvalue weighted by Crippen LogP contribution is -2.26. The number of rotatable bonds is 6. The molecule has 1 aromatic rings. The van der Waals surface area contributed by atoms with Gasteiger partial charge in [0.2, 0.25) is 10.0 Å². The highest BCUT2D eigenvalue weighted by Gasteiger charge is 2.05. The zero-order valence-electron chi connectivity index (χ0n) is 7.56. The summed E-state index contributed by atoms with van der Waals surface area (Å²) in [4.78, 5) is 0. The lowest BCUT2D eigenvalue weighted by atomic mass is 10.4. The minimum absolute atomic E-state index is 0.0538. The third-order valence-corrected chi connectivity index (χ3v) is 4.33. The second kappa shape index (κ2) is 5.47. The summed E-state index contributed by atoms with van der Waals surface area (Å²) >= 11 is 2.89. The Hall–Kier alpha value is -0.400. The lowest BCUT2D eigenvalue weighted by molar-refractivity contribution is 0.555. The Kier molecular flexibility index (Phi) is 4.56. The van der Waals surface area contributed by atoms with E-state index in [0.29, 0.717) is 6.54 Å². The van der Waals surface area contributed by atoms with Gasteiger partial charge in [-0.3, -0.25) is 4.68 Å². The summed E-state index contributed by atoms with van der Waals surface area (Å²) in [6.45, 7) is 1.16. The Bertz CT molecular complexity index is 349. The first-order valence-corrected chi connectivity index (χ1v) is 6.92. The fourth-order valence-electron chi connectivity index (χ4n) is 0.940. The molecule has 0 atom stereocenters. The second-order valence-corrected chi connectivity index (χ2v) is 5.85. The number of halogens is 1. The van der Waals surface area contributed by atoms with Crippen LogP contribution in [0.15, 0.2) is 18.5 Å². The van der Waals surface area contributed by atoms with E-state index in [1.807, 2.05) is 12.3 Å². The van der Waals surface area contributed by atoms with Crippen molar-refractivity contribution in [3.63, 3.8) is 0 Å². The van der Waals surface area contributed by atoms with Crippen molar-refractivity contribution in [1.82, 2.24) is 14.5 Å². The molecule has 1 aromatic heterocycles. The number of sulfonamides is 1. The Labute approximate surface area is 91.7 Å². The molecule has 0 aliphatic carbocycles. The molecule has 0 spiro atoms. The quantitative estimate of drug-likeness (QED) is 0.612. The molecular formula is C7H12BrN3O2S. The molecule has 14 heavy (non-hydrogen) atoms. The highest BCUT2D eigenvalue weighted by molar-refractivity contribution is 9.10. The predicted molar refractivity (Wildman–Crippen MR) is 57.6 cm³/mol. The van der Waals surface area contributed by atoms with Crippen molar-refractivity contribution in [2.45, 2.75) is 13.0 Å². The summed E-state index contributed by atoms with van der Waals surface area (Å²) in [5.41, 5.74) is 0. The molecule has 0 bridgehead atoms. The highest BCUT2D eigenvalue weighted by atomic mass is 79.9. The number of aromatic nitrogens is 2. The molecule has 0 amide bonds. The molecule has 0 aliphatic heterocycles. The van der Waals surface area contributed by atoms with E-state index in [1.54, 1.807) is 10.9 Å². The van der Waals surface area contributed by atoms with Crippen molar-refractivity contribution in [1.29, 1.82) is 0 Å². The van der Waals surface area contributed by atoms with E-state index in [2.05, 4.69) is 25.8 Å². The largest absolute Gasteiger partial charge is 0.273 e. The third kappa shape index (κ3) is 4.21. The first kappa shape index (κ1) is 11.7. The monoisotopic (exact) mass is 281 g/mol. The van der Waals surface area contributed by atoms with Crippen LogP contribution in [0.5, 0.6) is 0 Å². The van der Waals surface area contributed by atoms with Gasteiger partial charge >= 0.3 is 0 Å². The third-order valence-electron chi connectivity index (χ3n) is 1.59. The van der Waals surface area contributed by atoms with Gasteiger partial charge in [0.25, 0.3) is 0 Å².